The van der Waals surface area contributed by atoms with Gasteiger partial charge in [-0.2, -0.15) is 5.26 Å². The third-order valence-corrected chi connectivity index (χ3v) is 2.75. The van der Waals surface area contributed by atoms with Crippen molar-refractivity contribution in [1.82, 2.24) is 5.32 Å². The number of hydrogen-bond acceptors (Lipinski definition) is 2. The minimum atomic E-state index is -0.559. The summed E-state index contributed by atoms with van der Waals surface area (Å²) in [5.74, 6) is -1.12. The highest BCUT2D eigenvalue weighted by Crippen LogP contribution is 2.21. The maximum Gasteiger partial charge on any atom is 0.130 e. The third kappa shape index (κ3) is 3.50. The fourth-order valence-electron chi connectivity index (χ4n) is 1.79. The first-order chi connectivity index (χ1) is 8.10. The van der Waals surface area contributed by atoms with E-state index in [0.717, 1.165) is 6.42 Å². The largest absolute Gasteiger partial charge is 0.306 e. The lowest BCUT2D eigenvalue weighted by molar-refractivity contribution is 0.420. The Balaban J connectivity index is 2.82. The molecule has 0 aliphatic carbocycles. The lowest BCUT2D eigenvalue weighted by Gasteiger charge is -2.21. The van der Waals surface area contributed by atoms with Gasteiger partial charge in [0.1, 0.15) is 11.6 Å². The predicted octanol–water partition coefficient (Wildman–Crippen LogP) is 3.31. The Hall–Kier alpha value is -1.47. The van der Waals surface area contributed by atoms with Gasteiger partial charge >= 0.3 is 0 Å². The lowest BCUT2D eigenvalue weighted by atomic mass is 10.0. The number of halogens is 2. The zero-order valence-corrected chi connectivity index (χ0v) is 10.0. The Morgan fingerprint density at radius 2 is 1.94 bits per heavy atom. The summed E-state index contributed by atoms with van der Waals surface area (Å²) in [7, 11) is 0. The standard InChI is InChI=1S/C13H16F2N2/c1-3-10(7-8-16)17-9(2)13-11(14)5-4-6-12(13)15/h4-6,9-10,17H,3,7H2,1-2H3. The summed E-state index contributed by atoms with van der Waals surface area (Å²) in [6.07, 6.45) is 1.07. The number of rotatable bonds is 5. The molecule has 1 N–H and O–H groups in total. The van der Waals surface area contributed by atoms with E-state index in [0.29, 0.717) is 6.42 Å². The Morgan fingerprint density at radius 1 is 1.35 bits per heavy atom. The normalized spacial score (nSPS) is 14.1. The van der Waals surface area contributed by atoms with Crippen LogP contribution in [-0.2, 0) is 0 Å². The van der Waals surface area contributed by atoms with Gasteiger partial charge in [-0.3, -0.25) is 0 Å². The predicted molar refractivity (Wildman–Crippen MR) is 62.2 cm³/mol. The summed E-state index contributed by atoms with van der Waals surface area (Å²) in [6, 6.07) is 5.37. The van der Waals surface area contributed by atoms with Gasteiger partial charge in [0.05, 0.1) is 12.5 Å². The van der Waals surface area contributed by atoms with Crippen molar-refractivity contribution in [1.29, 1.82) is 5.26 Å². The van der Waals surface area contributed by atoms with Gasteiger partial charge in [0, 0.05) is 17.6 Å². The summed E-state index contributed by atoms with van der Waals surface area (Å²) >= 11 is 0. The molecule has 2 unspecified atom stereocenters. The average molecular weight is 238 g/mol. The molecule has 0 spiro atoms. The van der Waals surface area contributed by atoms with Crippen LogP contribution in [0.1, 0.15) is 38.3 Å². The third-order valence-electron chi connectivity index (χ3n) is 2.75. The average Bonchev–Trinajstić information content (AvgIpc) is 2.28. The Morgan fingerprint density at radius 3 is 2.41 bits per heavy atom. The van der Waals surface area contributed by atoms with Crippen LogP contribution < -0.4 is 5.32 Å². The van der Waals surface area contributed by atoms with E-state index in [1.54, 1.807) is 6.92 Å². The number of nitrogens with one attached hydrogen (secondary N) is 1. The summed E-state index contributed by atoms with van der Waals surface area (Å²) in [5, 5.41) is 11.7. The Kier molecular flexibility index (Phi) is 5.05. The second-order valence-corrected chi connectivity index (χ2v) is 3.99. The van der Waals surface area contributed by atoms with Gasteiger partial charge in [-0.25, -0.2) is 8.78 Å². The van der Waals surface area contributed by atoms with Crippen LogP contribution in [0.25, 0.3) is 0 Å². The SMILES string of the molecule is CCC(CC#N)NC(C)c1c(F)cccc1F. The Bertz CT molecular complexity index is 392. The first-order valence-corrected chi connectivity index (χ1v) is 5.67. The van der Waals surface area contributed by atoms with Gasteiger partial charge in [-0.1, -0.05) is 13.0 Å². The van der Waals surface area contributed by atoms with Crippen LogP contribution in [-0.4, -0.2) is 6.04 Å². The molecular formula is C13H16F2N2. The van der Waals surface area contributed by atoms with Gasteiger partial charge in [0.15, 0.2) is 0 Å². The molecule has 2 nitrogen and oxygen atoms in total. The van der Waals surface area contributed by atoms with Gasteiger partial charge in [-0.05, 0) is 25.5 Å². The van der Waals surface area contributed by atoms with Crippen molar-refractivity contribution in [2.75, 3.05) is 0 Å². The van der Waals surface area contributed by atoms with Crippen molar-refractivity contribution in [3.8, 4) is 6.07 Å². The van der Waals surface area contributed by atoms with E-state index in [-0.39, 0.29) is 11.6 Å². The first-order valence-electron chi connectivity index (χ1n) is 5.67. The molecule has 2 atom stereocenters. The second kappa shape index (κ2) is 6.31. The number of nitrogens with zero attached hydrogens (tertiary/aromatic N) is 1. The van der Waals surface area contributed by atoms with E-state index < -0.39 is 17.7 Å². The van der Waals surface area contributed by atoms with Crippen molar-refractivity contribution in [3.63, 3.8) is 0 Å². The van der Waals surface area contributed by atoms with Crippen LogP contribution in [0.2, 0.25) is 0 Å². The molecule has 0 amide bonds. The molecule has 0 radical (unpaired) electrons. The first kappa shape index (κ1) is 13.6. The van der Waals surface area contributed by atoms with Gasteiger partial charge in [0.25, 0.3) is 0 Å². The molecule has 1 aromatic rings. The topological polar surface area (TPSA) is 35.8 Å². The van der Waals surface area contributed by atoms with E-state index >= 15 is 0 Å². The summed E-state index contributed by atoms with van der Waals surface area (Å²) in [6.45, 7) is 3.63. The van der Waals surface area contributed by atoms with E-state index in [1.165, 1.54) is 18.2 Å². The lowest BCUT2D eigenvalue weighted by Crippen LogP contribution is -2.31. The van der Waals surface area contributed by atoms with Crippen molar-refractivity contribution >= 4 is 0 Å². The van der Waals surface area contributed by atoms with Gasteiger partial charge in [-0.15, -0.1) is 0 Å². The van der Waals surface area contributed by atoms with Crippen LogP contribution in [0.5, 0.6) is 0 Å². The smallest absolute Gasteiger partial charge is 0.130 e. The molecule has 1 aromatic carbocycles. The van der Waals surface area contributed by atoms with Crippen molar-refractivity contribution in [2.45, 2.75) is 38.8 Å². The van der Waals surface area contributed by atoms with Crippen LogP contribution in [0.15, 0.2) is 18.2 Å². The van der Waals surface area contributed by atoms with Crippen molar-refractivity contribution < 1.29 is 8.78 Å². The van der Waals surface area contributed by atoms with Crippen LogP contribution in [0.3, 0.4) is 0 Å². The molecule has 0 aromatic heterocycles. The van der Waals surface area contributed by atoms with Crippen LogP contribution >= 0.6 is 0 Å². The monoisotopic (exact) mass is 238 g/mol. The van der Waals surface area contributed by atoms with Crippen LogP contribution in [0, 0.1) is 23.0 Å². The van der Waals surface area contributed by atoms with Gasteiger partial charge in [0.2, 0.25) is 0 Å². The molecule has 4 heteroatoms. The highest BCUT2D eigenvalue weighted by Gasteiger charge is 2.18. The summed E-state index contributed by atoms with van der Waals surface area (Å²) < 4.78 is 27.0. The summed E-state index contributed by atoms with van der Waals surface area (Å²) in [5.41, 5.74) is 0.0314. The fourth-order valence-corrected chi connectivity index (χ4v) is 1.79. The molecule has 1 rings (SSSR count). The number of benzene rings is 1. The molecule has 0 fully saturated rings. The van der Waals surface area contributed by atoms with E-state index in [2.05, 4.69) is 11.4 Å². The van der Waals surface area contributed by atoms with E-state index in [4.69, 9.17) is 5.26 Å². The molecule has 17 heavy (non-hydrogen) atoms. The van der Waals surface area contributed by atoms with Crippen molar-refractivity contribution in [3.05, 3.63) is 35.4 Å². The molecule has 0 bridgehead atoms. The molecule has 0 aliphatic rings. The summed E-state index contributed by atoms with van der Waals surface area (Å²) in [4.78, 5) is 0. The second-order valence-electron chi connectivity index (χ2n) is 3.99. The van der Waals surface area contributed by atoms with E-state index in [1.807, 2.05) is 6.92 Å². The van der Waals surface area contributed by atoms with Crippen LogP contribution in [0.4, 0.5) is 8.78 Å². The van der Waals surface area contributed by atoms with Gasteiger partial charge < -0.3 is 5.32 Å². The molecule has 0 saturated heterocycles. The maximum absolute atomic E-state index is 13.5. The fraction of sp³-hybridized carbons (Fsp3) is 0.462. The number of hydrogen-bond donors (Lipinski definition) is 1. The molecular weight excluding hydrogens is 222 g/mol. The highest BCUT2D eigenvalue weighted by molar-refractivity contribution is 5.22. The maximum atomic E-state index is 13.5. The molecule has 0 heterocycles. The molecule has 92 valence electrons. The van der Waals surface area contributed by atoms with Crippen molar-refractivity contribution in [2.24, 2.45) is 0 Å². The zero-order chi connectivity index (χ0) is 12.8. The zero-order valence-electron chi connectivity index (χ0n) is 10.0. The minimum absolute atomic E-state index is 0.0314. The minimum Gasteiger partial charge on any atom is -0.306 e. The number of nitriles is 1. The quantitative estimate of drug-likeness (QED) is 0.854. The molecule has 0 saturated carbocycles. The highest BCUT2D eigenvalue weighted by atomic mass is 19.1. The van der Waals surface area contributed by atoms with E-state index in [9.17, 15) is 8.78 Å². The molecule has 0 aliphatic heterocycles. The Labute approximate surface area is 100 Å².